The molecule has 0 aromatic heterocycles. The number of nitrogens with one attached hydrogen (secondary N) is 2. The lowest BCUT2D eigenvalue weighted by Crippen LogP contribution is -2.45. The van der Waals surface area contributed by atoms with E-state index in [1.807, 2.05) is 49.4 Å². The van der Waals surface area contributed by atoms with E-state index in [1.54, 1.807) is 7.11 Å². The summed E-state index contributed by atoms with van der Waals surface area (Å²) < 4.78 is 10.6. The Morgan fingerprint density at radius 1 is 1.17 bits per heavy atom. The van der Waals surface area contributed by atoms with Gasteiger partial charge in [0.25, 0.3) is 0 Å². The molecule has 3 N–H and O–H groups in total. The Morgan fingerprint density at radius 3 is 2.71 bits per heavy atom. The molecule has 2 amide bonds. The minimum absolute atomic E-state index is 0.0981. The molecule has 0 spiro atoms. The van der Waals surface area contributed by atoms with Crippen molar-refractivity contribution in [1.29, 1.82) is 0 Å². The van der Waals surface area contributed by atoms with Crippen LogP contribution in [0.15, 0.2) is 42.5 Å². The number of hydrogen-bond donors (Lipinski definition) is 3. The van der Waals surface area contributed by atoms with Crippen LogP contribution in [0, 0.1) is 0 Å². The molecule has 6 nitrogen and oxygen atoms in total. The number of hydrogen-bond acceptors (Lipinski definition) is 4. The van der Waals surface area contributed by atoms with Crippen LogP contribution in [0.1, 0.15) is 6.92 Å². The maximum atomic E-state index is 11.7. The fraction of sp³-hybridized carbons (Fsp3) is 0.389. The molecule has 0 aliphatic carbocycles. The van der Waals surface area contributed by atoms with Crippen LogP contribution in [-0.4, -0.2) is 50.2 Å². The fourth-order valence-electron chi connectivity index (χ4n) is 2.34. The number of benzene rings is 2. The van der Waals surface area contributed by atoms with Gasteiger partial charge in [0.05, 0.1) is 12.6 Å². The Bertz CT molecular complexity index is 657. The smallest absolute Gasteiger partial charge is 0.315 e. The number of amides is 2. The van der Waals surface area contributed by atoms with Gasteiger partial charge in [0.15, 0.2) is 0 Å². The fourth-order valence-corrected chi connectivity index (χ4v) is 2.34. The van der Waals surface area contributed by atoms with Crippen LogP contribution >= 0.6 is 0 Å². The molecule has 2 aromatic carbocycles. The number of aliphatic hydroxyl groups excluding tert-OH is 1. The molecule has 0 fully saturated rings. The van der Waals surface area contributed by atoms with Gasteiger partial charge < -0.3 is 25.2 Å². The lowest BCUT2D eigenvalue weighted by Gasteiger charge is -2.16. The summed E-state index contributed by atoms with van der Waals surface area (Å²) in [5, 5.41) is 17.4. The van der Waals surface area contributed by atoms with Crippen molar-refractivity contribution in [2.75, 3.05) is 26.9 Å². The number of urea groups is 1. The van der Waals surface area contributed by atoms with Crippen molar-refractivity contribution < 1.29 is 19.4 Å². The summed E-state index contributed by atoms with van der Waals surface area (Å²) in [5.41, 5.74) is 0. The normalized spacial score (nSPS) is 13.3. The standard InChI is InChI=1S/C18H24N2O4/c1-13(11-23-2)20-18(22)19-10-15(21)12-24-17-9-5-7-14-6-3-4-8-16(14)17/h3-9,13,15,21H,10-12H2,1-2H3,(H2,19,20,22)/t13-,15-/m0/s1. The summed E-state index contributed by atoms with van der Waals surface area (Å²) in [4.78, 5) is 11.7. The SMILES string of the molecule is COC[C@H](C)NC(=O)NC[C@H](O)COc1cccc2ccccc12. The molecule has 2 rings (SSSR count). The van der Waals surface area contributed by atoms with E-state index in [1.165, 1.54) is 0 Å². The van der Waals surface area contributed by atoms with Crippen LogP contribution in [-0.2, 0) is 4.74 Å². The lowest BCUT2D eigenvalue weighted by atomic mass is 10.1. The minimum atomic E-state index is -0.799. The molecule has 0 saturated carbocycles. The molecular formula is C18H24N2O4. The summed E-state index contributed by atoms with van der Waals surface area (Å²) in [6, 6.07) is 13.2. The van der Waals surface area contributed by atoms with E-state index in [4.69, 9.17) is 9.47 Å². The van der Waals surface area contributed by atoms with E-state index in [-0.39, 0.29) is 25.2 Å². The van der Waals surface area contributed by atoms with Crippen LogP contribution < -0.4 is 15.4 Å². The van der Waals surface area contributed by atoms with Gasteiger partial charge in [-0.2, -0.15) is 0 Å². The van der Waals surface area contributed by atoms with Gasteiger partial charge in [0.1, 0.15) is 18.5 Å². The summed E-state index contributed by atoms with van der Waals surface area (Å²) in [6.45, 7) is 2.47. The molecule has 6 heteroatoms. The highest BCUT2D eigenvalue weighted by molar-refractivity contribution is 5.88. The average molecular weight is 332 g/mol. The molecule has 24 heavy (non-hydrogen) atoms. The molecule has 0 radical (unpaired) electrons. The van der Waals surface area contributed by atoms with Crippen molar-refractivity contribution in [1.82, 2.24) is 10.6 Å². The summed E-state index contributed by atoms with van der Waals surface area (Å²) in [5.74, 6) is 0.713. The predicted octanol–water partition coefficient (Wildman–Crippen LogP) is 1.91. The number of aliphatic hydroxyl groups is 1. The van der Waals surface area contributed by atoms with Gasteiger partial charge in [-0.25, -0.2) is 4.79 Å². The van der Waals surface area contributed by atoms with Crippen molar-refractivity contribution >= 4 is 16.8 Å². The maximum absolute atomic E-state index is 11.7. The molecule has 0 unspecified atom stereocenters. The van der Waals surface area contributed by atoms with Crippen LogP contribution in [0.2, 0.25) is 0 Å². The van der Waals surface area contributed by atoms with Crippen molar-refractivity contribution in [3.63, 3.8) is 0 Å². The second-order valence-corrected chi connectivity index (χ2v) is 5.65. The number of fused-ring (bicyclic) bond motifs is 1. The first-order chi connectivity index (χ1) is 11.6. The molecular weight excluding hydrogens is 308 g/mol. The van der Waals surface area contributed by atoms with E-state index in [2.05, 4.69) is 10.6 Å². The summed E-state index contributed by atoms with van der Waals surface area (Å²) in [7, 11) is 1.57. The first-order valence-electron chi connectivity index (χ1n) is 7.92. The number of rotatable bonds is 8. The second kappa shape index (κ2) is 9.10. The third kappa shape index (κ3) is 5.40. The maximum Gasteiger partial charge on any atom is 0.315 e. The third-order valence-corrected chi connectivity index (χ3v) is 3.47. The van der Waals surface area contributed by atoms with Gasteiger partial charge in [0.2, 0.25) is 0 Å². The Labute approximate surface area is 141 Å². The zero-order valence-electron chi connectivity index (χ0n) is 14.0. The first kappa shape index (κ1) is 18.0. The van der Waals surface area contributed by atoms with Crippen molar-refractivity contribution in [3.8, 4) is 5.75 Å². The van der Waals surface area contributed by atoms with Gasteiger partial charge >= 0.3 is 6.03 Å². The van der Waals surface area contributed by atoms with Crippen LogP contribution in [0.25, 0.3) is 10.8 Å². The number of carbonyl (C=O) groups is 1. The van der Waals surface area contributed by atoms with E-state index in [0.29, 0.717) is 12.4 Å². The number of methoxy groups -OCH3 is 1. The Balaban J connectivity index is 1.78. The molecule has 0 heterocycles. The summed E-state index contributed by atoms with van der Waals surface area (Å²) in [6.07, 6.45) is -0.799. The monoisotopic (exact) mass is 332 g/mol. The average Bonchev–Trinajstić information content (AvgIpc) is 2.58. The van der Waals surface area contributed by atoms with Crippen LogP contribution in [0.5, 0.6) is 5.75 Å². The molecule has 0 aliphatic heterocycles. The van der Waals surface area contributed by atoms with Gasteiger partial charge in [-0.1, -0.05) is 36.4 Å². The highest BCUT2D eigenvalue weighted by atomic mass is 16.5. The van der Waals surface area contributed by atoms with E-state index >= 15 is 0 Å². The molecule has 2 aromatic rings. The van der Waals surface area contributed by atoms with E-state index in [9.17, 15) is 9.90 Å². The third-order valence-electron chi connectivity index (χ3n) is 3.47. The molecule has 0 bridgehead atoms. The van der Waals surface area contributed by atoms with Gasteiger partial charge in [0, 0.05) is 19.0 Å². The zero-order valence-corrected chi connectivity index (χ0v) is 14.0. The largest absolute Gasteiger partial charge is 0.490 e. The second-order valence-electron chi connectivity index (χ2n) is 5.65. The van der Waals surface area contributed by atoms with Crippen molar-refractivity contribution in [2.24, 2.45) is 0 Å². The number of carbonyl (C=O) groups excluding carboxylic acids is 1. The quantitative estimate of drug-likeness (QED) is 0.690. The Kier molecular flexibility index (Phi) is 6.84. The van der Waals surface area contributed by atoms with Gasteiger partial charge in [-0.15, -0.1) is 0 Å². The topological polar surface area (TPSA) is 79.8 Å². The Hall–Kier alpha value is -2.31. The molecule has 0 saturated heterocycles. The predicted molar refractivity (Wildman–Crippen MR) is 93.3 cm³/mol. The molecule has 130 valence electrons. The zero-order chi connectivity index (χ0) is 17.4. The number of ether oxygens (including phenoxy) is 2. The highest BCUT2D eigenvalue weighted by Crippen LogP contribution is 2.25. The molecule has 2 atom stereocenters. The van der Waals surface area contributed by atoms with Crippen LogP contribution in [0.4, 0.5) is 4.79 Å². The van der Waals surface area contributed by atoms with Crippen LogP contribution in [0.3, 0.4) is 0 Å². The van der Waals surface area contributed by atoms with Crippen molar-refractivity contribution in [2.45, 2.75) is 19.1 Å². The minimum Gasteiger partial charge on any atom is -0.490 e. The van der Waals surface area contributed by atoms with Crippen molar-refractivity contribution in [3.05, 3.63) is 42.5 Å². The van der Waals surface area contributed by atoms with E-state index in [0.717, 1.165) is 10.8 Å². The first-order valence-corrected chi connectivity index (χ1v) is 7.92. The van der Waals surface area contributed by atoms with Gasteiger partial charge in [-0.05, 0) is 18.4 Å². The highest BCUT2D eigenvalue weighted by Gasteiger charge is 2.11. The van der Waals surface area contributed by atoms with Gasteiger partial charge in [-0.3, -0.25) is 0 Å². The Morgan fingerprint density at radius 2 is 1.92 bits per heavy atom. The molecule has 0 aliphatic rings. The lowest BCUT2D eigenvalue weighted by molar-refractivity contribution is 0.108. The summed E-state index contributed by atoms with van der Waals surface area (Å²) >= 11 is 0. The van der Waals surface area contributed by atoms with E-state index < -0.39 is 6.10 Å².